The highest BCUT2D eigenvalue weighted by atomic mass is 35.5. The molecule has 1 aromatic heterocycles. The first-order valence-corrected chi connectivity index (χ1v) is 10.5. The average molecular weight is 431 g/mol. The van der Waals surface area contributed by atoms with E-state index in [2.05, 4.69) is 27.6 Å². The Labute approximate surface area is 179 Å². The topological polar surface area (TPSA) is 69.0 Å². The predicted molar refractivity (Wildman–Crippen MR) is 117 cm³/mol. The number of aryl methyl sites for hydroxylation is 3. The van der Waals surface area contributed by atoms with Crippen molar-refractivity contribution >= 4 is 35.0 Å². The first-order valence-electron chi connectivity index (χ1n) is 9.10. The normalized spacial score (nSPS) is 10.8. The zero-order valence-corrected chi connectivity index (χ0v) is 18.4. The fourth-order valence-corrected chi connectivity index (χ4v) is 3.81. The molecule has 29 heavy (non-hydrogen) atoms. The number of hydrogen-bond acceptors (Lipinski definition) is 5. The number of carbonyl (C=O) groups excluding carboxylic acids is 1. The van der Waals surface area contributed by atoms with Crippen LogP contribution in [-0.2, 0) is 18.4 Å². The number of ether oxygens (including phenoxy) is 1. The van der Waals surface area contributed by atoms with Crippen molar-refractivity contribution in [3.8, 4) is 5.75 Å². The molecule has 6 nitrogen and oxygen atoms in total. The molecule has 0 saturated heterocycles. The lowest BCUT2D eigenvalue weighted by atomic mass is 10.1. The number of anilines is 1. The summed E-state index contributed by atoms with van der Waals surface area (Å²) in [5, 5.41) is 12.6. The van der Waals surface area contributed by atoms with Gasteiger partial charge in [0.15, 0.2) is 11.0 Å². The molecule has 1 amide bonds. The molecule has 1 heterocycles. The van der Waals surface area contributed by atoms with Crippen LogP contribution in [0, 0.1) is 20.8 Å². The molecule has 1 N–H and O–H groups in total. The molecule has 0 aliphatic heterocycles. The van der Waals surface area contributed by atoms with Gasteiger partial charge in [0.1, 0.15) is 12.4 Å². The fraction of sp³-hybridized carbons (Fsp3) is 0.286. The molecule has 8 heteroatoms. The maximum atomic E-state index is 12.4. The van der Waals surface area contributed by atoms with Gasteiger partial charge in [0, 0.05) is 17.8 Å². The second kappa shape index (κ2) is 9.33. The number of thioether (sulfide) groups is 1. The lowest BCUT2D eigenvalue weighted by Gasteiger charge is -2.12. The van der Waals surface area contributed by atoms with E-state index in [1.807, 2.05) is 32.4 Å². The minimum absolute atomic E-state index is 0.0768. The standard InChI is InChI=1S/C21H23ClN4O2S/c1-13-9-14(2)20(15(3)10-13)23-19(27)12-29-21-25-24-18(26(21)4)11-28-17-7-5-16(22)6-8-17/h5-10H,11-12H2,1-4H3,(H,23,27). The Balaban J connectivity index is 1.56. The molecule has 0 unspecified atom stereocenters. The van der Waals surface area contributed by atoms with E-state index in [4.69, 9.17) is 16.3 Å². The summed E-state index contributed by atoms with van der Waals surface area (Å²) in [6.45, 7) is 6.32. The van der Waals surface area contributed by atoms with Crippen LogP contribution in [0.15, 0.2) is 41.6 Å². The van der Waals surface area contributed by atoms with Gasteiger partial charge in [0.2, 0.25) is 5.91 Å². The van der Waals surface area contributed by atoms with Gasteiger partial charge in [-0.2, -0.15) is 0 Å². The third-order valence-corrected chi connectivity index (χ3v) is 5.65. The Kier molecular flexibility index (Phi) is 6.82. The van der Waals surface area contributed by atoms with Gasteiger partial charge in [-0.1, -0.05) is 41.1 Å². The van der Waals surface area contributed by atoms with Gasteiger partial charge < -0.3 is 14.6 Å². The third-order valence-electron chi connectivity index (χ3n) is 4.38. The molecule has 3 rings (SSSR count). The van der Waals surface area contributed by atoms with Crippen LogP contribution in [0.4, 0.5) is 5.69 Å². The van der Waals surface area contributed by atoms with Gasteiger partial charge in [-0.25, -0.2) is 0 Å². The van der Waals surface area contributed by atoms with Gasteiger partial charge >= 0.3 is 0 Å². The maximum Gasteiger partial charge on any atom is 0.234 e. The van der Waals surface area contributed by atoms with E-state index in [1.54, 1.807) is 24.3 Å². The molecular formula is C21H23ClN4O2S. The fourth-order valence-electron chi connectivity index (χ4n) is 2.96. The third kappa shape index (κ3) is 5.52. The first-order chi connectivity index (χ1) is 13.8. The molecule has 0 aliphatic rings. The van der Waals surface area contributed by atoms with Crippen molar-refractivity contribution in [1.29, 1.82) is 0 Å². The summed E-state index contributed by atoms with van der Waals surface area (Å²) in [5.41, 5.74) is 4.17. The van der Waals surface area contributed by atoms with Crippen LogP contribution in [0.2, 0.25) is 5.02 Å². The summed E-state index contributed by atoms with van der Waals surface area (Å²) in [6.07, 6.45) is 0. The van der Waals surface area contributed by atoms with Crippen LogP contribution >= 0.6 is 23.4 Å². The highest BCUT2D eigenvalue weighted by molar-refractivity contribution is 7.99. The number of carbonyl (C=O) groups is 1. The molecule has 0 bridgehead atoms. The average Bonchev–Trinajstić information content (AvgIpc) is 3.02. The van der Waals surface area contributed by atoms with Gasteiger partial charge in [-0.15, -0.1) is 10.2 Å². The summed E-state index contributed by atoms with van der Waals surface area (Å²) in [7, 11) is 1.86. The van der Waals surface area contributed by atoms with Crippen molar-refractivity contribution in [3.63, 3.8) is 0 Å². The smallest absolute Gasteiger partial charge is 0.234 e. The summed E-state index contributed by atoms with van der Waals surface area (Å²) in [4.78, 5) is 12.4. The molecule has 0 atom stereocenters. The van der Waals surface area contributed by atoms with Crippen molar-refractivity contribution < 1.29 is 9.53 Å². The first kappa shape index (κ1) is 21.2. The minimum atomic E-state index is -0.0768. The van der Waals surface area contributed by atoms with E-state index in [0.717, 1.165) is 16.8 Å². The van der Waals surface area contributed by atoms with E-state index >= 15 is 0 Å². The Morgan fingerprint density at radius 1 is 1.14 bits per heavy atom. The Morgan fingerprint density at radius 3 is 2.45 bits per heavy atom. The highest BCUT2D eigenvalue weighted by Gasteiger charge is 2.13. The summed E-state index contributed by atoms with van der Waals surface area (Å²) >= 11 is 7.21. The summed E-state index contributed by atoms with van der Waals surface area (Å²) in [6, 6.07) is 11.3. The van der Waals surface area contributed by atoms with E-state index in [0.29, 0.717) is 21.8 Å². The Bertz CT molecular complexity index is 995. The molecule has 152 valence electrons. The summed E-state index contributed by atoms with van der Waals surface area (Å²) in [5.74, 6) is 1.55. The number of aromatic nitrogens is 3. The van der Waals surface area contributed by atoms with Crippen LogP contribution in [0.3, 0.4) is 0 Å². The lowest BCUT2D eigenvalue weighted by Crippen LogP contribution is -2.16. The minimum Gasteiger partial charge on any atom is -0.486 e. The number of amides is 1. The predicted octanol–water partition coefficient (Wildman–Crippen LogP) is 4.70. The molecule has 0 aliphatic carbocycles. The van der Waals surface area contributed by atoms with Crippen molar-refractivity contribution in [1.82, 2.24) is 14.8 Å². The molecule has 0 radical (unpaired) electrons. The van der Waals surface area contributed by atoms with E-state index in [-0.39, 0.29) is 18.3 Å². The van der Waals surface area contributed by atoms with Crippen LogP contribution in [0.1, 0.15) is 22.5 Å². The lowest BCUT2D eigenvalue weighted by molar-refractivity contribution is -0.113. The summed E-state index contributed by atoms with van der Waals surface area (Å²) < 4.78 is 7.54. The van der Waals surface area contributed by atoms with Crippen LogP contribution in [-0.4, -0.2) is 26.4 Å². The van der Waals surface area contributed by atoms with Crippen molar-refractivity contribution in [2.45, 2.75) is 32.5 Å². The zero-order valence-electron chi connectivity index (χ0n) is 16.8. The van der Waals surface area contributed by atoms with E-state index < -0.39 is 0 Å². The second-order valence-corrected chi connectivity index (χ2v) is 8.19. The zero-order chi connectivity index (χ0) is 21.0. The Morgan fingerprint density at radius 2 is 1.79 bits per heavy atom. The van der Waals surface area contributed by atoms with Crippen molar-refractivity contribution in [3.05, 3.63) is 63.9 Å². The van der Waals surface area contributed by atoms with Gasteiger partial charge in [-0.3, -0.25) is 4.79 Å². The van der Waals surface area contributed by atoms with E-state index in [9.17, 15) is 4.79 Å². The number of halogens is 1. The molecule has 2 aromatic carbocycles. The number of nitrogens with zero attached hydrogens (tertiary/aromatic N) is 3. The molecule has 3 aromatic rings. The SMILES string of the molecule is Cc1cc(C)c(NC(=O)CSc2nnc(COc3ccc(Cl)cc3)n2C)c(C)c1. The molecular weight excluding hydrogens is 408 g/mol. The van der Waals surface area contributed by atoms with Crippen molar-refractivity contribution in [2.75, 3.05) is 11.1 Å². The van der Waals surface area contributed by atoms with E-state index in [1.165, 1.54) is 17.3 Å². The Hall–Kier alpha value is -2.51. The van der Waals surface area contributed by atoms with Gasteiger partial charge in [0.05, 0.1) is 5.75 Å². The molecule has 0 spiro atoms. The van der Waals surface area contributed by atoms with Crippen LogP contribution in [0.5, 0.6) is 5.75 Å². The second-order valence-electron chi connectivity index (χ2n) is 6.81. The monoisotopic (exact) mass is 430 g/mol. The highest BCUT2D eigenvalue weighted by Crippen LogP contribution is 2.23. The number of nitrogens with one attached hydrogen (secondary N) is 1. The van der Waals surface area contributed by atoms with Crippen molar-refractivity contribution in [2.24, 2.45) is 7.05 Å². The van der Waals surface area contributed by atoms with Crippen LogP contribution in [0.25, 0.3) is 0 Å². The molecule has 0 saturated carbocycles. The van der Waals surface area contributed by atoms with Gasteiger partial charge in [0.25, 0.3) is 0 Å². The largest absolute Gasteiger partial charge is 0.486 e. The van der Waals surface area contributed by atoms with Crippen LogP contribution < -0.4 is 10.1 Å². The number of hydrogen-bond donors (Lipinski definition) is 1. The maximum absolute atomic E-state index is 12.4. The quantitative estimate of drug-likeness (QED) is 0.550. The van der Waals surface area contributed by atoms with Gasteiger partial charge in [-0.05, 0) is 56.2 Å². The number of benzene rings is 2. The number of rotatable bonds is 7. The molecule has 0 fully saturated rings.